The van der Waals surface area contributed by atoms with Crippen molar-refractivity contribution in [1.29, 1.82) is 0 Å². The Morgan fingerprint density at radius 1 is 0.507 bits per heavy atom. The van der Waals surface area contributed by atoms with Gasteiger partial charge in [-0.05, 0) is 83.5 Å². The minimum absolute atomic E-state index is 0.00913. The van der Waals surface area contributed by atoms with Gasteiger partial charge < -0.3 is 28.8 Å². The smallest absolute Gasteiger partial charge is 0.268 e. The predicted molar refractivity (Wildman–Crippen MR) is 306 cm³/mol. The van der Waals surface area contributed by atoms with E-state index in [2.05, 4.69) is 104 Å². The molecule has 0 heterocycles. The summed E-state index contributed by atoms with van der Waals surface area (Å²) in [5.41, 5.74) is 0. The monoisotopic (exact) mass is 1010 g/mol. The fourth-order valence-corrected chi connectivity index (χ4v) is 8.72. The first-order chi connectivity index (χ1) is 34.5. The molecular weight excluding hydrogens is 900 g/mol. The number of carbonyl (C=O) groups is 1. The third kappa shape index (κ3) is 55.0. The van der Waals surface area contributed by atoms with Crippen molar-refractivity contribution in [3.63, 3.8) is 0 Å². The van der Waals surface area contributed by atoms with E-state index in [4.69, 9.17) is 9.05 Å². The van der Waals surface area contributed by atoms with Crippen LogP contribution in [0.25, 0.3) is 0 Å². The zero-order valence-corrected chi connectivity index (χ0v) is 47.5. The summed E-state index contributed by atoms with van der Waals surface area (Å²) >= 11 is 0. The molecule has 71 heavy (non-hydrogen) atoms. The van der Waals surface area contributed by atoms with Crippen LogP contribution in [0.2, 0.25) is 0 Å². The Balaban J connectivity index is 4.08. The third-order valence-corrected chi connectivity index (χ3v) is 13.5. The SMILES string of the molecule is CC/C=C\C/C=C\C/C=C\C/C=C\C/C=C\C/C=C\CCCCCCCCCCCCCCCCCCC(=O)NC(COP(=O)([O-])OCC[N+](C)(C)C)C(O)/C=C/CC/C=C/CCCCCCCCCC. The number of nitrogens with zero attached hydrogens (tertiary/aromatic N) is 1. The van der Waals surface area contributed by atoms with Gasteiger partial charge in [-0.2, -0.15) is 0 Å². The number of hydrogen-bond acceptors (Lipinski definition) is 6. The van der Waals surface area contributed by atoms with Gasteiger partial charge in [0.2, 0.25) is 5.91 Å². The first kappa shape index (κ1) is 68.4. The summed E-state index contributed by atoms with van der Waals surface area (Å²) in [6.45, 7) is 4.50. The van der Waals surface area contributed by atoms with E-state index in [1.165, 1.54) is 141 Å². The van der Waals surface area contributed by atoms with Crippen LogP contribution in [0.3, 0.4) is 0 Å². The highest BCUT2D eigenvalue weighted by Crippen LogP contribution is 2.38. The van der Waals surface area contributed by atoms with Crippen LogP contribution in [0.4, 0.5) is 0 Å². The molecule has 0 rings (SSSR count). The van der Waals surface area contributed by atoms with E-state index >= 15 is 0 Å². The highest BCUT2D eigenvalue weighted by atomic mass is 31.2. The number of likely N-dealkylation sites (N-methyl/N-ethyl adjacent to an activating group) is 1. The molecule has 0 aliphatic rings. The van der Waals surface area contributed by atoms with Crippen molar-refractivity contribution in [2.75, 3.05) is 40.9 Å². The van der Waals surface area contributed by atoms with Crippen LogP contribution in [0.15, 0.2) is 97.2 Å². The Hall–Kier alpha value is -2.58. The maximum atomic E-state index is 12.9. The minimum atomic E-state index is -4.61. The molecule has 410 valence electrons. The Labute approximate surface area is 439 Å². The average molecular weight is 1010 g/mol. The van der Waals surface area contributed by atoms with Gasteiger partial charge in [-0.1, -0.05) is 246 Å². The first-order valence-electron chi connectivity index (χ1n) is 29.1. The molecule has 0 aliphatic carbocycles. The van der Waals surface area contributed by atoms with Gasteiger partial charge in [0.1, 0.15) is 13.2 Å². The summed E-state index contributed by atoms with van der Waals surface area (Å²) in [4.78, 5) is 25.5. The van der Waals surface area contributed by atoms with Gasteiger partial charge in [0.05, 0.1) is 39.9 Å². The average Bonchev–Trinajstić information content (AvgIpc) is 3.33. The van der Waals surface area contributed by atoms with E-state index in [0.717, 1.165) is 77.0 Å². The minimum Gasteiger partial charge on any atom is -0.756 e. The predicted octanol–water partition coefficient (Wildman–Crippen LogP) is 17.2. The van der Waals surface area contributed by atoms with Crippen molar-refractivity contribution < 1.29 is 32.9 Å². The number of quaternary nitrogens is 1. The van der Waals surface area contributed by atoms with Gasteiger partial charge in [0.15, 0.2) is 0 Å². The number of hydrogen-bond donors (Lipinski definition) is 2. The number of phosphoric ester groups is 1. The van der Waals surface area contributed by atoms with Crippen LogP contribution in [0, 0.1) is 0 Å². The molecule has 1 amide bonds. The Morgan fingerprint density at radius 2 is 0.873 bits per heavy atom. The van der Waals surface area contributed by atoms with E-state index in [1.54, 1.807) is 6.08 Å². The lowest BCUT2D eigenvalue weighted by Crippen LogP contribution is -2.45. The standard InChI is InChI=1S/C62H111N2O6P/c1-6-8-10-12-14-16-18-20-22-23-24-25-26-27-28-29-30-31-32-33-34-35-36-37-38-39-40-41-42-44-46-48-50-52-54-56-62(66)63-60(59-70-71(67,68)69-58-57-64(3,4)5)61(65)55-53-51-49-47-45-43-21-19-17-15-13-11-9-7-2/h8,10,14,16,20,22,24-25,27-28,30-31,45,47,53,55,60-61,65H,6-7,9,11-13,15,17-19,21,23,26,29,32-44,46,48-52,54,56-59H2,1-5H3,(H-,63,66,67,68)/b10-8-,16-14-,22-20-,25-24-,28-27-,31-30-,47-45+,55-53+. The van der Waals surface area contributed by atoms with E-state index in [9.17, 15) is 19.4 Å². The number of aliphatic hydroxyl groups is 1. The van der Waals surface area contributed by atoms with Crippen LogP contribution >= 0.6 is 7.82 Å². The molecule has 0 bridgehead atoms. The summed E-state index contributed by atoms with van der Waals surface area (Å²) in [6.07, 6.45) is 74.9. The molecule has 0 spiro atoms. The van der Waals surface area contributed by atoms with Gasteiger partial charge in [-0.15, -0.1) is 0 Å². The summed E-state index contributed by atoms with van der Waals surface area (Å²) in [5, 5.41) is 13.8. The largest absolute Gasteiger partial charge is 0.756 e. The second-order valence-corrected chi connectivity index (χ2v) is 22.0. The molecule has 0 aromatic heterocycles. The van der Waals surface area contributed by atoms with Crippen LogP contribution in [-0.2, 0) is 18.4 Å². The molecule has 3 atom stereocenters. The number of aliphatic hydroxyl groups excluding tert-OH is 1. The highest BCUT2D eigenvalue weighted by Gasteiger charge is 2.23. The van der Waals surface area contributed by atoms with E-state index < -0.39 is 26.6 Å². The van der Waals surface area contributed by atoms with E-state index in [1.807, 2.05) is 27.2 Å². The molecule has 0 saturated heterocycles. The Bertz CT molecular complexity index is 1470. The zero-order valence-electron chi connectivity index (χ0n) is 46.6. The molecule has 9 heteroatoms. The van der Waals surface area contributed by atoms with Crippen molar-refractivity contribution in [3.8, 4) is 0 Å². The molecule has 0 saturated carbocycles. The maximum Gasteiger partial charge on any atom is 0.268 e. The number of phosphoric acid groups is 1. The van der Waals surface area contributed by atoms with Crippen LogP contribution < -0.4 is 10.2 Å². The molecule has 0 fully saturated rings. The summed E-state index contributed by atoms with van der Waals surface area (Å²) < 4.78 is 23.3. The lowest BCUT2D eigenvalue weighted by Gasteiger charge is -2.29. The van der Waals surface area contributed by atoms with Crippen LogP contribution in [0.1, 0.15) is 239 Å². The molecule has 8 nitrogen and oxygen atoms in total. The first-order valence-corrected chi connectivity index (χ1v) is 30.6. The molecule has 0 aromatic carbocycles. The number of rotatable bonds is 52. The van der Waals surface area contributed by atoms with Crippen molar-refractivity contribution in [2.45, 2.75) is 251 Å². The quantitative estimate of drug-likeness (QED) is 0.0272. The molecule has 0 aromatic rings. The number of unbranched alkanes of at least 4 members (excludes halogenated alkanes) is 25. The van der Waals surface area contributed by atoms with Crippen molar-refractivity contribution in [2.24, 2.45) is 0 Å². The van der Waals surface area contributed by atoms with Crippen molar-refractivity contribution in [1.82, 2.24) is 5.32 Å². The van der Waals surface area contributed by atoms with Gasteiger partial charge >= 0.3 is 0 Å². The normalized spacial score (nSPS) is 14.6. The van der Waals surface area contributed by atoms with Gasteiger partial charge in [-0.25, -0.2) is 0 Å². The molecular formula is C62H111N2O6P. The fraction of sp³-hybridized carbons (Fsp3) is 0.726. The number of nitrogens with one attached hydrogen (secondary N) is 1. The Kier molecular flexibility index (Phi) is 50.4. The van der Waals surface area contributed by atoms with Crippen LogP contribution in [-0.4, -0.2) is 68.5 Å². The highest BCUT2D eigenvalue weighted by molar-refractivity contribution is 7.45. The van der Waals surface area contributed by atoms with Crippen LogP contribution in [0.5, 0.6) is 0 Å². The summed E-state index contributed by atoms with van der Waals surface area (Å²) in [5.74, 6) is -0.210. The lowest BCUT2D eigenvalue weighted by molar-refractivity contribution is -0.870. The molecule has 3 unspecified atom stereocenters. The third-order valence-electron chi connectivity index (χ3n) is 12.5. The van der Waals surface area contributed by atoms with Gasteiger partial charge in [-0.3, -0.25) is 9.36 Å². The van der Waals surface area contributed by atoms with E-state index in [-0.39, 0.29) is 12.5 Å². The fourth-order valence-electron chi connectivity index (χ4n) is 8.00. The Morgan fingerprint density at radius 3 is 1.31 bits per heavy atom. The topological polar surface area (TPSA) is 108 Å². The van der Waals surface area contributed by atoms with Crippen molar-refractivity contribution >= 4 is 13.7 Å². The molecule has 2 N–H and O–H groups in total. The molecule has 0 aliphatic heterocycles. The number of allylic oxidation sites excluding steroid dienone is 15. The summed E-state index contributed by atoms with van der Waals surface area (Å²) in [7, 11) is 1.24. The summed E-state index contributed by atoms with van der Waals surface area (Å²) in [6, 6.07) is -0.907. The van der Waals surface area contributed by atoms with Gasteiger partial charge in [0.25, 0.3) is 7.82 Å². The number of amides is 1. The van der Waals surface area contributed by atoms with Crippen molar-refractivity contribution in [3.05, 3.63) is 97.2 Å². The second-order valence-electron chi connectivity index (χ2n) is 20.6. The zero-order chi connectivity index (χ0) is 52.0. The second kappa shape index (κ2) is 52.3. The molecule has 0 radical (unpaired) electrons. The van der Waals surface area contributed by atoms with Gasteiger partial charge in [0, 0.05) is 6.42 Å². The number of carbonyl (C=O) groups excluding carboxylic acids is 1. The van der Waals surface area contributed by atoms with E-state index in [0.29, 0.717) is 17.4 Å². The lowest BCUT2D eigenvalue weighted by atomic mass is 10.0. The maximum absolute atomic E-state index is 12.9.